The SMILES string of the molecule is [C-]#[N+]CCN(C)CC1CCN(c2ccc3c(=O)n(N)c(=O)n(C4CC4)c3c2OC)C1. The molecule has 0 radical (unpaired) electrons. The molecule has 1 aliphatic heterocycles. The van der Waals surface area contributed by atoms with Gasteiger partial charge in [-0.05, 0) is 44.4 Å². The molecule has 1 aromatic heterocycles. The van der Waals surface area contributed by atoms with Crippen LogP contribution in [0.2, 0.25) is 0 Å². The van der Waals surface area contributed by atoms with Crippen LogP contribution >= 0.6 is 0 Å². The summed E-state index contributed by atoms with van der Waals surface area (Å²) < 4.78 is 8.10. The predicted molar refractivity (Wildman–Crippen MR) is 117 cm³/mol. The molecule has 2 heterocycles. The zero-order valence-electron chi connectivity index (χ0n) is 17.5. The molecular weight excluding hydrogens is 384 g/mol. The maximum atomic E-state index is 12.8. The minimum Gasteiger partial charge on any atom is -0.492 e. The number of ether oxygens (including phenoxy) is 1. The number of hydrogen-bond donors (Lipinski definition) is 1. The molecule has 2 fully saturated rings. The molecule has 2 N–H and O–H groups in total. The van der Waals surface area contributed by atoms with E-state index in [0.29, 0.717) is 33.8 Å². The van der Waals surface area contributed by atoms with E-state index in [4.69, 9.17) is 17.2 Å². The summed E-state index contributed by atoms with van der Waals surface area (Å²) in [5, 5.41) is 0.402. The highest BCUT2D eigenvalue weighted by molar-refractivity contribution is 5.90. The van der Waals surface area contributed by atoms with Crippen molar-refractivity contribution in [2.75, 3.05) is 57.6 Å². The molecule has 160 valence electrons. The maximum Gasteiger partial charge on any atom is 0.350 e. The third-order valence-corrected chi connectivity index (χ3v) is 6.12. The van der Waals surface area contributed by atoms with Gasteiger partial charge in [0, 0.05) is 25.7 Å². The number of methoxy groups -OCH3 is 1. The fraction of sp³-hybridized carbons (Fsp3) is 0.571. The quantitative estimate of drug-likeness (QED) is 0.537. The molecule has 1 saturated heterocycles. The van der Waals surface area contributed by atoms with Crippen LogP contribution in [0.3, 0.4) is 0 Å². The first-order chi connectivity index (χ1) is 14.5. The van der Waals surface area contributed by atoms with E-state index in [1.54, 1.807) is 17.7 Å². The number of hydrogen-bond acceptors (Lipinski definition) is 6. The van der Waals surface area contributed by atoms with Gasteiger partial charge in [0.1, 0.15) is 5.52 Å². The number of likely N-dealkylation sites (N-methyl/N-ethyl adjacent to an activating group) is 1. The van der Waals surface area contributed by atoms with Crippen LogP contribution in [-0.2, 0) is 0 Å². The Balaban J connectivity index is 1.70. The van der Waals surface area contributed by atoms with Crippen LogP contribution < -0.4 is 26.7 Å². The van der Waals surface area contributed by atoms with Crippen molar-refractivity contribution in [3.05, 3.63) is 44.4 Å². The van der Waals surface area contributed by atoms with E-state index in [2.05, 4.69) is 21.7 Å². The largest absolute Gasteiger partial charge is 0.492 e. The molecule has 1 aliphatic carbocycles. The highest BCUT2D eigenvalue weighted by Crippen LogP contribution is 2.42. The average molecular weight is 412 g/mol. The van der Waals surface area contributed by atoms with Gasteiger partial charge in [0.05, 0.1) is 24.7 Å². The van der Waals surface area contributed by atoms with Crippen molar-refractivity contribution in [2.45, 2.75) is 25.3 Å². The molecule has 4 rings (SSSR count). The lowest BCUT2D eigenvalue weighted by atomic mass is 10.1. The van der Waals surface area contributed by atoms with E-state index in [1.807, 2.05) is 6.07 Å². The Morgan fingerprint density at radius 1 is 1.30 bits per heavy atom. The van der Waals surface area contributed by atoms with Crippen LogP contribution in [0.15, 0.2) is 21.7 Å². The van der Waals surface area contributed by atoms with Crippen LogP contribution in [0.5, 0.6) is 5.75 Å². The van der Waals surface area contributed by atoms with Crippen LogP contribution in [0.1, 0.15) is 25.3 Å². The average Bonchev–Trinajstić information content (AvgIpc) is 3.47. The topological polar surface area (TPSA) is 90.1 Å². The molecule has 0 amide bonds. The zero-order valence-corrected chi connectivity index (χ0v) is 17.5. The first-order valence-corrected chi connectivity index (χ1v) is 10.4. The fourth-order valence-corrected chi connectivity index (χ4v) is 4.48. The summed E-state index contributed by atoms with van der Waals surface area (Å²) in [4.78, 5) is 33.3. The summed E-state index contributed by atoms with van der Waals surface area (Å²) >= 11 is 0. The van der Waals surface area contributed by atoms with Crippen molar-refractivity contribution in [2.24, 2.45) is 5.92 Å². The summed E-state index contributed by atoms with van der Waals surface area (Å²) in [5.41, 5.74) is 0.453. The molecule has 1 atom stereocenters. The van der Waals surface area contributed by atoms with Gasteiger partial charge in [0.2, 0.25) is 6.54 Å². The third kappa shape index (κ3) is 3.52. The molecule has 1 saturated carbocycles. The second kappa shape index (κ2) is 8.03. The van der Waals surface area contributed by atoms with Crippen molar-refractivity contribution in [3.8, 4) is 5.75 Å². The summed E-state index contributed by atoms with van der Waals surface area (Å²) in [6, 6.07) is 3.71. The molecule has 1 aromatic carbocycles. The van der Waals surface area contributed by atoms with Crippen molar-refractivity contribution in [1.82, 2.24) is 14.1 Å². The van der Waals surface area contributed by atoms with Crippen molar-refractivity contribution < 1.29 is 4.74 Å². The van der Waals surface area contributed by atoms with E-state index in [0.717, 1.165) is 51.1 Å². The summed E-state index contributed by atoms with van der Waals surface area (Å²) in [6.45, 7) is 10.9. The van der Waals surface area contributed by atoms with Crippen LogP contribution in [-0.4, -0.2) is 61.0 Å². The molecule has 30 heavy (non-hydrogen) atoms. The van der Waals surface area contributed by atoms with Gasteiger partial charge in [-0.2, -0.15) is 4.68 Å². The Morgan fingerprint density at radius 2 is 2.07 bits per heavy atom. The highest BCUT2D eigenvalue weighted by Gasteiger charge is 2.32. The summed E-state index contributed by atoms with van der Waals surface area (Å²) in [6.07, 6.45) is 2.83. The Bertz CT molecular complexity index is 1110. The second-order valence-electron chi connectivity index (χ2n) is 8.32. The second-order valence-corrected chi connectivity index (χ2v) is 8.32. The standard InChI is InChI=1S/C21H28N6O3/c1-23-9-11-24(2)12-14-8-10-25(13-14)17-7-6-16-18(19(17)30-3)26(15-4-5-15)21(29)27(22)20(16)28/h6-7,14-15H,4-5,8-13,22H2,2-3H3. The van der Waals surface area contributed by atoms with Gasteiger partial charge in [-0.3, -0.25) is 14.3 Å². The predicted octanol–water partition coefficient (Wildman–Crippen LogP) is 0.898. The lowest BCUT2D eigenvalue weighted by Gasteiger charge is -2.24. The molecule has 1 unspecified atom stereocenters. The van der Waals surface area contributed by atoms with Gasteiger partial charge in [0.15, 0.2) is 5.75 Å². The molecular formula is C21H28N6O3. The smallest absolute Gasteiger partial charge is 0.350 e. The first kappa shape index (κ1) is 20.3. The Morgan fingerprint density at radius 3 is 2.73 bits per heavy atom. The number of benzene rings is 1. The summed E-state index contributed by atoms with van der Waals surface area (Å²) in [5.74, 6) is 6.82. The Hall–Kier alpha value is -2.99. The van der Waals surface area contributed by atoms with Gasteiger partial charge in [-0.15, -0.1) is 0 Å². The molecule has 9 heteroatoms. The van der Waals surface area contributed by atoms with Gasteiger partial charge in [-0.25, -0.2) is 11.4 Å². The van der Waals surface area contributed by atoms with E-state index in [-0.39, 0.29) is 6.04 Å². The third-order valence-electron chi connectivity index (χ3n) is 6.12. The number of nitrogens with zero attached hydrogens (tertiary/aromatic N) is 5. The first-order valence-electron chi connectivity index (χ1n) is 10.4. The van der Waals surface area contributed by atoms with Crippen LogP contribution in [0, 0.1) is 12.5 Å². The lowest BCUT2D eigenvalue weighted by molar-refractivity contribution is 0.298. The molecule has 2 aromatic rings. The molecule has 0 spiro atoms. The molecule has 9 nitrogen and oxygen atoms in total. The fourth-order valence-electron chi connectivity index (χ4n) is 4.48. The highest BCUT2D eigenvalue weighted by atomic mass is 16.5. The van der Waals surface area contributed by atoms with Gasteiger partial charge in [0.25, 0.3) is 5.56 Å². The van der Waals surface area contributed by atoms with Gasteiger partial charge in [-0.1, -0.05) is 0 Å². The summed E-state index contributed by atoms with van der Waals surface area (Å²) in [7, 11) is 3.64. The van der Waals surface area contributed by atoms with Crippen molar-refractivity contribution >= 4 is 16.6 Å². The van der Waals surface area contributed by atoms with Crippen molar-refractivity contribution in [3.63, 3.8) is 0 Å². The molecule has 2 aliphatic rings. The number of nitrogen functional groups attached to an aromatic ring is 1. The Labute approximate surface area is 175 Å². The van der Waals surface area contributed by atoms with Crippen molar-refractivity contribution in [1.29, 1.82) is 0 Å². The van der Waals surface area contributed by atoms with E-state index >= 15 is 0 Å². The van der Waals surface area contributed by atoms with E-state index < -0.39 is 11.2 Å². The number of fused-ring (bicyclic) bond motifs is 1. The maximum absolute atomic E-state index is 12.8. The van der Waals surface area contributed by atoms with E-state index in [1.165, 1.54) is 0 Å². The van der Waals surface area contributed by atoms with Crippen LogP contribution in [0.4, 0.5) is 5.69 Å². The van der Waals surface area contributed by atoms with E-state index in [9.17, 15) is 9.59 Å². The van der Waals surface area contributed by atoms with Gasteiger partial charge < -0.3 is 20.3 Å². The Kier molecular flexibility index (Phi) is 5.43. The number of aromatic nitrogens is 2. The number of anilines is 1. The monoisotopic (exact) mass is 412 g/mol. The lowest BCUT2D eigenvalue weighted by Crippen LogP contribution is -2.44. The number of nitrogens with two attached hydrogens (primary N) is 1. The van der Waals surface area contributed by atoms with Crippen LogP contribution in [0.25, 0.3) is 15.7 Å². The minimum absolute atomic E-state index is 0.0574. The molecule has 0 bridgehead atoms. The zero-order chi connectivity index (χ0) is 21.4. The van der Waals surface area contributed by atoms with Gasteiger partial charge >= 0.3 is 5.69 Å². The minimum atomic E-state index is -0.502. The normalized spacial score (nSPS) is 18.9. The number of rotatable bonds is 7.